The number of benzene rings is 1. The number of nitrogens with zero attached hydrogens (tertiary/aromatic N) is 2. The summed E-state index contributed by atoms with van der Waals surface area (Å²) >= 11 is 0. The minimum absolute atomic E-state index is 0. The van der Waals surface area contributed by atoms with Crippen LogP contribution in [0.4, 0.5) is 0 Å². The van der Waals surface area contributed by atoms with Crippen molar-refractivity contribution < 1.29 is 9.47 Å². The van der Waals surface area contributed by atoms with Crippen molar-refractivity contribution in [3.8, 4) is 11.6 Å². The van der Waals surface area contributed by atoms with Gasteiger partial charge >= 0.3 is 0 Å². The van der Waals surface area contributed by atoms with Crippen molar-refractivity contribution in [3.05, 3.63) is 53.7 Å². The first kappa shape index (κ1) is 22.0. The largest absolute Gasteiger partial charge is 0.497 e. The Morgan fingerprint density at radius 2 is 1.88 bits per heavy atom. The van der Waals surface area contributed by atoms with Crippen molar-refractivity contribution in [1.82, 2.24) is 15.6 Å². The van der Waals surface area contributed by atoms with Crippen molar-refractivity contribution >= 4 is 29.9 Å². The lowest BCUT2D eigenvalue weighted by atomic mass is 10.2. The van der Waals surface area contributed by atoms with E-state index in [1.165, 1.54) is 0 Å². The number of hydrogen-bond donors (Lipinski definition) is 2. The third-order valence-electron chi connectivity index (χ3n) is 3.50. The highest BCUT2D eigenvalue weighted by Gasteiger charge is 2.05. The molecule has 7 heteroatoms. The van der Waals surface area contributed by atoms with E-state index in [9.17, 15) is 0 Å². The summed E-state index contributed by atoms with van der Waals surface area (Å²) < 4.78 is 10.7. The summed E-state index contributed by atoms with van der Waals surface area (Å²) in [5.74, 6) is 2.26. The zero-order valence-electron chi connectivity index (χ0n) is 15.5. The molecule has 0 aliphatic rings. The monoisotopic (exact) mass is 470 g/mol. The quantitative estimate of drug-likeness (QED) is 0.352. The Balaban J connectivity index is 0.00000338. The Labute approximate surface area is 172 Å². The van der Waals surface area contributed by atoms with Crippen LogP contribution in [0, 0.1) is 0 Å². The van der Waals surface area contributed by atoms with Crippen LogP contribution in [0.2, 0.25) is 0 Å². The van der Waals surface area contributed by atoms with E-state index in [-0.39, 0.29) is 24.0 Å². The van der Waals surface area contributed by atoms with Crippen molar-refractivity contribution in [1.29, 1.82) is 0 Å². The van der Waals surface area contributed by atoms with Gasteiger partial charge in [0.1, 0.15) is 5.75 Å². The molecule has 1 aromatic carbocycles. The van der Waals surface area contributed by atoms with Crippen LogP contribution in [0.15, 0.2) is 47.6 Å². The highest BCUT2D eigenvalue weighted by Crippen LogP contribution is 2.14. The molecule has 0 fully saturated rings. The first-order valence-corrected chi connectivity index (χ1v) is 8.48. The summed E-state index contributed by atoms with van der Waals surface area (Å²) in [6, 6.07) is 11.8. The minimum Gasteiger partial charge on any atom is -0.497 e. The number of halogens is 1. The fourth-order valence-electron chi connectivity index (χ4n) is 2.25. The molecule has 0 amide bonds. The molecule has 0 saturated carbocycles. The van der Waals surface area contributed by atoms with Crippen molar-refractivity contribution in [2.75, 3.05) is 20.3 Å². The molecule has 0 radical (unpaired) electrons. The fraction of sp³-hybridized carbons (Fsp3) is 0.368. The maximum absolute atomic E-state index is 5.56. The van der Waals surface area contributed by atoms with E-state index < -0.39 is 0 Å². The van der Waals surface area contributed by atoms with Gasteiger partial charge in [0.15, 0.2) is 5.96 Å². The lowest BCUT2D eigenvalue weighted by Gasteiger charge is -2.13. The number of pyridine rings is 1. The average molecular weight is 470 g/mol. The molecule has 0 bridgehead atoms. The molecule has 1 aromatic heterocycles. The zero-order valence-corrected chi connectivity index (χ0v) is 17.8. The molecule has 0 spiro atoms. The Bertz CT molecular complexity index is 677. The van der Waals surface area contributed by atoms with E-state index in [1.807, 2.05) is 50.2 Å². The van der Waals surface area contributed by atoms with Crippen LogP contribution in [0.3, 0.4) is 0 Å². The third-order valence-corrected chi connectivity index (χ3v) is 3.50. The number of ether oxygens (including phenoxy) is 2. The van der Waals surface area contributed by atoms with Crippen molar-refractivity contribution in [3.63, 3.8) is 0 Å². The molecule has 2 rings (SSSR count). The molecule has 2 aromatic rings. The second kappa shape index (κ2) is 12.3. The molecule has 0 saturated heterocycles. The number of methoxy groups -OCH3 is 1. The molecule has 6 nitrogen and oxygen atoms in total. The van der Waals surface area contributed by atoms with Gasteiger partial charge in [-0.25, -0.2) is 9.98 Å². The number of aromatic nitrogens is 1. The molecule has 1 heterocycles. The predicted molar refractivity (Wildman–Crippen MR) is 115 cm³/mol. The highest BCUT2D eigenvalue weighted by atomic mass is 127. The molecule has 0 aliphatic carbocycles. The third kappa shape index (κ3) is 7.07. The van der Waals surface area contributed by atoms with Crippen LogP contribution in [0.5, 0.6) is 11.6 Å². The summed E-state index contributed by atoms with van der Waals surface area (Å²) in [5, 5.41) is 6.57. The molecule has 142 valence electrons. The van der Waals surface area contributed by atoms with Gasteiger partial charge in [0.05, 0.1) is 20.3 Å². The topological polar surface area (TPSA) is 67.8 Å². The zero-order chi connectivity index (χ0) is 17.9. The molecule has 0 atom stereocenters. The van der Waals surface area contributed by atoms with E-state index in [2.05, 4.69) is 20.6 Å². The Kier molecular flexibility index (Phi) is 10.5. The smallest absolute Gasteiger partial charge is 0.218 e. The SMILES string of the molecule is CCNC(=NCc1ccc(OC)cc1)NCc1cccnc1OCC.I. The number of guanidine groups is 1. The lowest BCUT2D eigenvalue weighted by molar-refractivity contribution is 0.322. The first-order chi connectivity index (χ1) is 12.3. The normalized spacial score (nSPS) is 10.7. The molecule has 0 unspecified atom stereocenters. The average Bonchev–Trinajstić information content (AvgIpc) is 2.65. The van der Waals surface area contributed by atoms with E-state index in [0.29, 0.717) is 25.6 Å². The van der Waals surface area contributed by atoms with Gasteiger partial charge in [0.25, 0.3) is 0 Å². The van der Waals surface area contributed by atoms with Gasteiger partial charge in [-0.05, 0) is 37.6 Å². The molecular weight excluding hydrogens is 443 g/mol. The second-order valence-corrected chi connectivity index (χ2v) is 5.30. The standard InChI is InChI=1S/C19H26N4O2.HI/c1-4-20-19(22-13-15-8-10-17(24-3)11-9-15)23-14-16-7-6-12-21-18(16)25-5-2;/h6-12H,4-5,13-14H2,1-3H3,(H2,20,22,23);1H. The Morgan fingerprint density at radius 1 is 1.12 bits per heavy atom. The number of aliphatic imine (C=N–C) groups is 1. The Hall–Kier alpha value is -2.03. The second-order valence-electron chi connectivity index (χ2n) is 5.30. The highest BCUT2D eigenvalue weighted by molar-refractivity contribution is 14.0. The van der Waals surface area contributed by atoms with Gasteiger partial charge in [-0.1, -0.05) is 18.2 Å². The summed E-state index contributed by atoms with van der Waals surface area (Å²) in [4.78, 5) is 8.89. The number of rotatable bonds is 8. The maximum atomic E-state index is 5.56. The summed E-state index contributed by atoms with van der Waals surface area (Å²) in [5.41, 5.74) is 2.12. The van der Waals surface area contributed by atoms with Gasteiger partial charge in [0.2, 0.25) is 5.88 Å². The maximum Gasteiger partial charge on any atom is 0.218 e. The van der Waals surface area contributed by atoms with Gasteiger partial charge in [-0.3, -0.25) is 0 Å². The molecular formula is C19H27IN4O2. The van der Waals surface area contributed by atoms with Gasteiger partial charge in [0, 0.05) is 24.8 Å². The van der Waals surface area contributed by atoms with E-state index in [4.69, 9.17) is 9.47 Å². The van der Waals surface area contributed by atoms with Crippen LogP contribution in [0.25, 0.3) is 0 Å². The van der Waals surface area contributed by atoms with Crippen LogP contribution >= 0.6 is 24.0 Å². The molecule has 2 N–H and O–H groups in total. The Morgan fingerprint density at radius 3 is 2.54 bits per heavy atom. The molecule has 26 heavy (non-hydrogen) atoms. The van der Waals surface area contributed by atoms with E-state index >= 15 is 0 Å². The van der Waals surface area contributed by atoms with Gasteiger partial charge in [-0.15, -0.1) is 24.0 Å². The lowest BCUT2D eigenvalue weighted by Crippen LogP contribution is -2.36. The van der Waals surface area contributed by atoms with Crippen LogP contribution in [0.1, 0.15) is 25.0 Å². The molecule has 0 aliphatic heterocycles. The van der Waals surface area contributed by atoms with Crippen LogP contribution in [-0.2, 0) is 13.1 Å². The van der Waals surface area contributed by atoms with Crippen molar-refractivity contribution in [2.24, 2.45) is 4.99 Å². The van der Waals surface area contributed by atoms with Crippen molar-refractivity contribution in [2.45, 2.75) is 26.9 Å². The van der Waals surface area contributed by atoms with E-state index in [1.54, 1.807) is 13.3 Å². The van der Waals surface area contributed by atoms with Gasteiger partial charge < -0.3 is 20.1 Å². The number of nitrogens with one attached hydrogen (secondary N) is 2. The van der Waals surface area contributed by atoms with Gasteiger partial charge in [-0.2, -0.15) is 0 Å². The fourth-order valence-corrected chi connectivity index (χ4v) is 2.25. The van der Waals surface area contributed by atoms with Crippen LogP contribution < -0.4 is 20.1 Å². The minimum atomic E-state index is 0. The number of hydrogen-bond acceptors (Lipinski definition) is 4. The van der Waals surface area contributed by atoms with E-state index in [0.717, 1.165) is 29.4 Å². The summed E-state index contributed by atoms with van der Waals surface area (Å²) in [6.07, 6.45) is 1.73. The predicted octanol–water partition coefficient (Wildman–Crippen LogP) is 3.36. The first-order valence-electron chi connectivity index (χ1n) is 8.48. The summed E-state index contributed by atoms with van der Waals surface area (Å²) in [7, 11) is 1.66. The summed E-state index contributed by atoms with van der Waals surface area (Å²) in [6.45, 7) is 6.56. The van der Waals surface area contributed by atoms with Crippen LogP contribution in [-0.4, -0.2) is 31.2 Å².